The lowest BCUT2D eigenvalue weighted by molar-refractivity contribution is 0.170. The summed E-state index contributed by atoms with van der Waals surface area (Å²) in [7, 11) is 0. The van der Waals surface area contributed by atoms with Crippen LogP contribution in [0.15, 0.2) is 22.7 Å². The Labute approximate surface area is 85.3 Å². The van der Waals surface area contributed by atoms with Crippen molar-refractivity contribution in [3.63, 3.8) is 0 Å². The summed E-state index contributed by atoms with van der Waals surface area (Å²) in [6.07, 6.45) is -0.0925. The number of hydrogen-bond acceptors (Lipinski definition) is 3. The zero-order valence-corrected chi connectivity index (χ0v) is 8.66. The van der Waals surface area contributed by atoms with Gasteiger partial charge in [0.15, 0.2) is 0 Å². The van der Waals surface area contributed by atoms with Gasteiger partial charge in [0.25, 0.3) is 0 Å². The van der Waals surface area contributed by atoms with Gasteiger partial charge in [0.2, 0.25) is 0 Å². The van der Waals surface area contributed by atoms with Crippen LogP contribution in [0.2, 0.25) is 0 Å². The minimum Gasteiger partial charge on any atom is -0.507 e. The Kier molecular flexibility index (Phi) is 3.71. The van der Waals surface area contributed by atoms with Crippen LogP contribution in [0, 0.1) is 0 Å². The lowest BCUT2D eigenvalue weighted by Gasteiger charge is -2.09. The standard InChI is InChI=1S/C9H12BrNO2/c10-7-2-1-6(5-9(7)13)8(12)3-4-11/h1-2,5,8,12-13H,3-4,11H2. The third kappa shape index (κ3) is 2.69. The highest BCUT2D eigenvalue weighted by Crippen LogP contribution is 2.27. The summed E-state index contributed by atoms with van der Waals surface area (Å²) in [4.78, 5) is 0. The third-order valence-electron chi connectivity index (χ3n) is 1.80. The first-order valence-electron chi connectivity index (χ1n) is 4.01. The highest BCUT2D eigenvalue weighted by atomic mass is 79.9. The van der Waals surface area contributed by atoms with E-state index in [0.29, 0.717) is 23.0 Å². The zero-order valence-electron chi connectivity index (χ0n) is 7.07. The van der Waals surface area contributed by atoms with Gasteiger partial charge >= 0.3 is 0 Å². The summed E-state index contributed by atoms with van der Waals surface area (Å²) in [5, 5.41) is 18.9. The molecular weight excluding hydrogens is 234 g/mol. The lowest BCUT2D eigenvalue weighted by atomic mass is 10.1. The van der Waals surface area contributed by atoms with E-state index in [1.54, 1.807) is 12.1 Å². The number of phenols is 1. The van der Waals surface area contributed by atoms with Gasteiger partial charge in [0.05, 0.1) is 10.6 Å². The number of phenolic OH excluding ortho intramolecular Hbond substituents is 1. The lowest BCUT2D eigenvalue weighted by Crippen LogP contribution is -2.06. The summed E-state index contributed by atoms with van der Waals surface area (Å²) in [6.45, 7) is 0.429. The third-order valence-corrected chi connectivity index (χ3v) is 2.47. The van der Waals surface area contributed by atoms with Crippen LogP contribution >= 0.6 is 15.9 Å². The van der Waals surface area contributed by atoms with E-state index in [-0.39, 0.29) is 5.75 Å². The van der Waals surface area contributed by atoms with Crippen LogP contribution < -0.4 is 5.73 Å². The highest BCUT2D eigenvalue weighted by molar-refractivity contribution is 9.10. The van der Waals surface area contributed by atoms with Crippen LogP contribution in [0.3, 0.4) is 0 Å². The van der Waals surface area contributed by atoms with Crippen LogP contribution in [-0.2, 0) is 0 Å². The Morgan fingerprint density at radius 3 is 2.69 bits per heavy atom. The Balaban J connectivity index is 2.84. The molecule has 3 nitrogen and oxygen atoms in total. The van der Waals surface area contributed by atoms with Crippen molar-refractivity contribution in [3.05, 3.63) is 28.2 Å². The molecule has 0 radical (unpaired) electrons. The maximum atomic E-state index is 9.53. The van der Waals surface area contributed by atoms with Gasteiger partial charge in [-0.05, 0) is 46.6 Å². The first-order valence-corrected chi connectivity index (χ1v) is 4.81. The molecule has 1 aromatic carbocycles. The van der Waals surface area contributed by atoms with Crippen molar-refractivity contribution in [1.82, 2.24) is 0 Å². The number of halogens is 1. The van der Waals surface area contributed by atoms with Gasteiger partial charge in [0.1, 0.15) is 5.75 Å². The number of nitrogens with two attached hydrogens (primary N) is 1. The molecule has 0 saturated carbocycles. The van der Waals surface area contributed by atoms with Gasteiger partial charge in [-0.1, -0.05) is 6.07 Å². The normalized spacial score (nSPS) is 12.8. The topological polar surface area (TPSA) is 66.5 Å². The van der Waals surface area contributed by atoms with E-state index >= 15 is 0 Å². The fourth-order valence-electron chi connectivity index (χ4n) is 1.06. The number of aromatic hydroxyl groups is 1. The highest BCUT2D eigenvalue weighted by Gasteiger charge is 2.08. The average Bonchev–Trinajstić information content (AvgIpc) is 2.10. The molecular formula is C9H12BrNO2. The molecule has 0 spiro atoms. The largest absolute Gasteiger partial charge is 0.507 e. The van der Waals surface area contributed by atoms with E-state index in [4.69, 9.17) is 5.73 Å². The molecule has 72 valence electrons. The van der Waals surface area contributed by atoms with Crippen molar-refractivity contribution < 1.29 is 10.2 Å². The van der Waals surface area contributed by atoms with E-state index < -0.39 is 6.10 Å². The Morgan fingerprint density at radius 1 is 1.46 bits per heavy atom. The van der Waals surface area contributed by atoms with Gasteiger partial charge in [-0.3, -0.25) is 0 Å². The second kappa shape index (κ2) is 4.60. The molecule has 0 aliphatic heterocycles. The van der Waals surface area contributed by atoms with Crippen LogP contribution in [-0.4, -0.2) is 16.8 Å². The molecule has 0 aliphatic rings. The molecule has 0 aliphatic carbocycles. The smallest absolute Gasteiger partial charge is 0.130 e. The first kappa shape index (κ1) is 10.5. The molecule has 1 rings (SSSR count). The van der Waals surface area contributed by atoms with E-state index in [1.165, 1.54) is 6.07 Å². The monoisotopic (exact) mass is 245 g/mol. The molecule has 0 heterocycles. The first-order chi connectivity index (χ1) is 6.15. The molecule has 0 amide bonds. The minimum absolute atomic E-state index is 0.133. The molecule has 0 bridgehead atoms. The molecule has 0 saturated heterocycles. The van der Waals surface area contributed by atoms with E-state index in [1.807, 2.05) is 0 Å². The summed E-state index contributed by atoms with van der Waals surface area (Å²) >= 11 is 3.16. The fraction of sp³-hybridized carbons (Fsp3) is 0.333. The van der Waals surface area contributed by atoms with Gasteiger partial charge in [-0.15, -0.1) is 0 Å². The van der Waals surface area contributed by atoms with E-state index in [2.05, 4.69) is 15.9 Å². The second-order valence-corrected chi connectivity index (χ2v) is 3.66. The number of hydrogen-bond donors (Lipinski definition) is 3. The maximum absolute atomic E-state index is 9.53. The Bertz CT molecular complexity index is 291. The molecule has 0 aromatic heterocycles. The van der Waals surface area contributed by atoms with Crippen molar-refractivity contribution in [1.29, 1.82) is 0 Å². The van der Waals surface area contributed by atoms with Crippen molar-refractivity contribution >= 4 is 15.9 Å². The van der Waals surface area contributed by atoms with Crippen molar-refractivity contribution in [3.8, 4) is 5.75 Å². The molecule has 4 heteroatoms. The summed E-state index contributed by atoms with van der Waals surface area (Å²) in [5.74, 6) is 0.133. The van der Waals surface area contributed by atoms with Crippen molar-refractivity contribution in [2.45, 2.75) is 12.5 Å². The summed E-state index contributed by atoms with van der Waals surface area (Å²) in [6, 6.07) is 4.99. The Morgan fingerprint density at radius 2 is 2.15 bits per heavy atom. The van der Waals surface area contributed by atoms with Gasteiger partial charge in [0, 0.05) is 0 Å². The minimum atomic E-state index is -0.594. The maximum Gasteiger partial charge on any atom is 0.130 e. The molecule has 4 N–H and O–H groups in total. The quantitative estimate of drug-likeness (QED) is 0.757. The number of rotatable bonds is 3. The van der Waals surface area contributed by atoms with E-state index in [0.717, 1.165) is 0 Å². The van der Waals surface area contributed by atoms with Crippen LogP contribution in [0.5, 0.6) is 5.75 Å². The SMILES string of the molecule is NCCC(O)c1ccc(Br)c(O)c1. The van der Waals surface area contributed by atoms with Crippen LogP contribution in [0.4, 0.5) is 0 Å². The molecule has 1 atom stereocenters. The van der Waals surface area contributed by atoms with Gasteiger partial charge in [-0.25, -0.2) is 0 Å². The number of aliphatic hydroxyl groups is 1. The van der Waals surface area contributed by atoms with Crippen LogP contribution in [0.25, 0.3) is 0 Å². The van der Waals surface area contributed by atoms with E-state index in [9.17, 15) is 10.2 Å². The Hall–Kier alpha value is -0.580. The fourth-order valence-corrected chi connectivity index (χ4v) is 1.31. The van der Waals surface area contributed by atoms with Crippen molar-refractivity contribution in [2.75, 3.05) is 6.54 Å². The second-order valence-electron chi connectivity index (χ2n) is 2.80. The molecule has 13 heavy (non-hydrogen) atoms. The average molecular weight is 246 g/mol. The molecule has 0 fully saturated rings. The van der Waals surface area contributed by atoms with Crippen LogP contribution in [0.1, 0.15) is 18.1 Å². The zero-order chi connectivity index (χ0) is 9.84. The molecule has 1 unspecified atom stereocenters. The predicted octanol–water partition coefficient (Wildman–Crippen LogP) is 1.54. The number of benzene rings is 1. The summed E-state index contributed by atoms with van der Waals surface area (Å²) in [5.41, 5.74) is 5.99. The number of aliphatic hydroxyl groups excluding tert-OH is 1. The van der Waals surface area contributed by atoms with Gasteiger partial charge < -0.3 is 15.9 Å². The summed E-state index contributed by atoms with van der Waals surface area (Å²) < 4.78 is 0.621. The predicted molar refractivity (Wildman–Crippen MR) is 54.4 cm³/mol. The molecule has 1 aromatic rings. The van der Waals surface area contributed by atoms with Gasteiger partial charge in [-0.2, -0.15) is 0 Å². The van der Waals surface area contributed by atoms with Crippen molar-refractivity contribution in [2.24, 2.45) is 5.73 Å².